The highest BCUT2D eigenvalue weighted by Crippen LogP contribution is 2.29. The summed E-state index contributed by atoms with van der Waals surface area (Å²) in [7, 11) is 0. The van der Waals surface area contributed by atoms with Crippen LogP contribution in [-0.2, 0) is 16.1 Å². The molecule has 2 aromatic heterocycles. The average molecular weight is 386 g/mol. The van der Waals surface area contributed by atoms with E-state index in [0.29, 0.717) is 6.42 Å². The Morgan fingerprint density at radius 2 is 2.11 bits per heavy atom. The van der Waals surface area contributed by atoms with Crippen LogP contribution < -0.4 is 11.1 Å². The molecule has 27 heavy (non-hydrogen) atoms. The number of carbonyl (C=O) groups excluding carboxylic acids is 1. The molecule has 9 heteroatoms. The highest BCUT2D eigenvalue weighted by atomic mass is 32.1. The number of nitrogens with two attached hydrogens (primary N) is 1. The summed E-state index contributed by atoms with van der Waals surface area (Å²) in [5.41, 5.74) is 7.50. The van der Waals surface area contributed by atoms with Gasteiger partial charge in [-0.1, -0.05) is 24.3 Å². The van der Waals surface area contributed by atoms with Crippen molar-refractivity contribution in [1.29, 1.82) is 0 Å². The van der Waals surface area contributed by atoms with E-state index < -0.39 is 11.0 Å². The number of hydrogen-bond donors (Lipinski definition) is 2. The number of benzene rings is 1. The second-order valence-electron chi connectivity index (χ2n) is 5.85. The van der Waals surface area contributed by atoms with Crippen molar-refractivity contribution in [3.63, 3.8) is 0 Å². The topological polar surface area (TPSA) is 120 Å². The van der Waals surface area contributed by atoms with Gasteiger partial charge in [0.15, 0.2) is 0 Å². The van der Waals surface area contributed by atoms with Gasteiger partial charge in [0.1, 0.15) is 6.61 Å². The minimum absolute atomic E-state index is 0.00601. The van der Waals surface area contributed by atoms with Crippen LogP contribution in [0.2, 0.25) is 0 Å². The first-order chi connectivity index (χ1) is 13.1. The Kier molecular flexibility index (Phi) is 5.94. The Hall–Kier alpha value is -3.04. The molecule has 3 rings (SSSR count). The van der Waals surface area contributed by atoms with Crippen LogP contribution in [0.5, 0.6) is 0 Å². The minimum atomic E-state index is -0.812. The van der Waals surface area contributed by atoms with Crippen molar-refractivity contribution < 1.29 is 14.7 Å². The van der Waals surface area contributed by atoms with Crippen LogP contribution in [0.1, 0.15) is 17.0 Å². The number of anilines is 1. The highest BCUT2D eigenvalue weighted by Gasteiger charge is 2.20. The summed E-state index contributed by atoms with van der Waals surface area (Å²) in [5.74, 6) is -0.668. The van der Waals surface area contributed by atoms with E-state index in [1.807, 2.05) is 36.4 Å². The van der Waals surface area contributed by atoms with E-state index in [0.717, 1.165) is 26.2 Å². The Bertz CT molecular complexity index is 909. The van der Waals surface area contributed by atoms with Gasteiger partial charge in [-0.15, -0.1) is 21.5 Å². The van der Waals surface area contributed by atoms with E-state index in [-0.39, 0.29) is 19.1 Å². The minimum Gasteiger partial charge on any atom is -0.329 e. The monoisotopic (exact) mass is 386 g/mol. The molecule has 1 aromatic carbocycles. The fraction of sp³-hybridized carbons (Fsp3) is 0.222. The summed E-state index contributed by atoms with van der Waals surface area (Å²) < 4.78 is 0.999. The number of nitrogens with zero attached hydrogens (tertiary/aromatic N) is 2. The SMILES string of the molecule is NC[C@@H](C(=O)Nc1cc2ccncc2s1)c1ccc(CCO[N+](=O)[O-])cc1. The van der Waals surface area contributed by atoms with Gasteiger partial charge in [-0.3, -0.25) is 9.78 Å². The van der Waals surface area contributed by atoms with Crippen molar-refractivity contribution in [3.05, 3.63) is 70.0 Å². The molecular weight excluding hydrogens is 368 g/mol. The van der Waals surface area contributed by atoms with Crippen molar-refractivity contribution in [2.24, 2.45) is 5.73 Å². The fourth-order valence-electron chi connectivity index (χ4n) is 2.70. The van der Waals surface area contributed by atoms with Crippen molar-refractivity contribution in [2.45, 2.75) is 12.3 Å². The standard InChI is InChI=1S/C18H18N4O4S/c19-10-15(13-3-1-12(2-4-13)6-8-26-22(24)25)18(23)21-17-9-14-5-7-20-11-16(14)27-17/h1-5,7,9,11,15H,6,8,10,19H2,(H,21,23)/t15-/m1/s1. The second kappa shape index (κ2) is 8.56. The lowest BCUT2D eigenvalue weighted by molar-refractivity contribution is -0.757. The number of nitrogens with one attached hydrogen (secondary N) is 1. The van der Waals surface area contributed by atoms with E-state index in [9.17, 15) is 14.9 Å². The zero-order chi connectivity index (χ0) is 19.2. The summed E-state index contributed by atoms with van der Waals surface area (Å²) in [5, 5.41) is 14.1. The third-order valence-corrected chi connectivity index (χ3v) is 5.09. The molecule has 1 atom stereocenters. The smallest absolute Gasteiger partial charge is 0.294 e. The van der Waals surface area contributed by atoms with Crippen LogP contribution in [0, 0.1) is 10.1 Å². The maximum absolute atomic E-state index is 12.7. The summed E-state index contributed by atoms with van der Waals surface area (Å²) in [6.45, 7) is 0.163. The lowest BCUT2D eigenvalue weighted by atomic mass is 9.96. The molecule has 0 saturated carbocycles. The molecule has 0 radical (unpaired) electrons. The third-order valence-electron chi connectivity index (χ3n) is 4.09. The van der Waals surface area contributed by atoms with Gasteiger partial charge in [0.05, 0.1) is 15.6 Å². The van der Waals surface area contributed by atoms with E-state index in [1.54, 1.807) is 12.4 Å². The van der Waals surface area contributed by atoms with E-state index in [1.165, 1.54) is 11.3 Å². The summed E-state index contributed by atoms with van der Waals surface area (Å²) in [4.78, 5) is 31.2. The maximum atomic E-state index is 12.7. The molecule has 0 saturated heterocycles. The molecule has 8 nitrogen and oxygen atoms in total. The van der Waals surface area contributed by atoms with Crippen LogP contribution in [-0.4, -0.2) is 29.1 Å². The van der Waals surface area contributed by atoms with E-state index in [4.69, 9.17) is 5.73 Å². The Labute approximate surface area is 159 Å². The molecule has 0 aliphatic rings. The predicted octanol–water partition coefficient (Wildman–Crippen LogP) is 2.73. The average Bonchev–Trinajstić information content (AvgIpc) is 3.05. The predicted molar refractivity (Wildman–Crippen MR) is 103 cm³/mol. The maximum Gasteiger partial charge on any atom is 0.294 e. The van der Waals surface area contributed by atoms with Gasteiger partial charge in [0, 0.05) is 18.9 Å². The quantitative estimate of drug-likeness (QED) is 0.454. The largest absolute Gasteiger partial charge is 0.329 e. The van der Waals surface area contributed by atoms with E-state index in [2.05, 4.69) is 15.1 Å². The molecule has 0 aliphatic carbocycles. The third kappa shape index (κ3) is 4.78. The lowest BCUT2D eigenvalue weighted by Gasteiger charge is -2.15. The van der Waals surface area contributed by atoms with Crippen LogP contribution in [0.25, 0.3) is 10.1 Å². The molecule has 0 fully saturated rings. The fourth-order valence-corrected chi connectivity index (χ4v) is 3.64. The number of carbonyl (C=O) groups is 1. The number of fused-ring (bicyclic) bond motifs is 1. The number of rotatable bonds is 8. The van der Waals surface area contributed by atoms with Gasteiger partial charge in [0.25, 0.3) is 5.09 Å². The molecule has 2 heterocycles. The molecule has 0 aliphatic heterocycles. The molecule has 0 bridgehead atoms. The number of amides is 1. The molecule has 3 N–H and O–H groups in total. The van der Waals surface area contributed by atoms with Gasteiger partial charge < -0.3 is 15.9 Å². The summed E-state index contributed by atoms with van der Waals surface area (Å²) >= 11 is 1.46. The zero-order valence-electron chi connectivity index (χ0n) is 14.3. The Morgan fingerprint density at radius 3 is 2.78 bits per heavy atom. The van der Waals surface area contributed by atoms with Crippen LogP contribution in [0.3, 0.4) is 0 Å². The van der Waals surface area contributed by atoms with Crippen molar-refractivity contribution in [3.8, 4) is 0 Å². The number of hydrogen-bond acceptors (Lipinski definition) is 7. The molecule has 0 unspecified atom stereocenters. The first-order valence-electron chi connectivity index (χ1n) is 8.27. The van der Waals surface area contributed by atoms with Crippen LogP contribution in [0.15, 0.2) is 48.8 Å². The molecular formula is C18H18N4O4S. The first kappa shape index (κ1) is 18.7. The van der Waals surface area contributed by atoms with Gasteiger partial charge in [-0.2, -0.15) is 0 Å². The van der Waals surface area contributed by atoms with Gasteiger partial charge >= 0.3 is 0 Å². The Morgan fingerprint density at radius 1 is 1.33 bits per heavy atom. The normalized spacial score (nSPS) is 11.9. The number of thiophene rings is 1. The summed E-state index contributed by atoms with van der Waals surface area (Å²) in [6, 6.07) is 11.1. The van der Waals surface area contributed by atoms with Gasteiger partial charge in [-0.25, -0.2) is 0 Å². The first-order valence-corrected chi connectivity index (χ1v) is 9.09. The zero-order valence-corrected chi connectivity index (χ0v) is 15.1. The molecule has 140 valence electrons. The lowest BCUT2D eigenvalue weighted by Crippen LogP contribution is -2.27. The molecule has 3 aromatic rings. The van der Waals surface area contributed by atoms with Gasteiger partial charge in [-0.05, 0) is 35.1 Å². The van der Waals surface area contributed by atoms with E-state index >= 15 is 0 Å². The Balaban J connectivity index is 1.66. The van der Waals surface area contributed by atoms with Crippen molar-refractivity contribution >= 4 is 32.3 Å². The van der Waals surface area contributed by atoms with Crippen molar-refractivity contribution in [1.82, 2.24) is 4.98 Å². The van der Waals surface area contributed by atoms with Crippen LogP contribution >= 0.6 is 11.3 Å². The molecule has 0 spiro atoms. The van der Waals surface area contributed by atoms with Gasteiger partial charge in [0.2, 0.25) is 5.91 Å². The van der Waals surface area contributed by atoms with Crippen LogP contribution in [0.4, 0.5) is 5.00 Å². The summed E-state index contributed by atoms with van der Waals surface area (Å²) in [6.07, 6.45) is 3.88. The van der Waals surface area contributed by atoms with Crippen molar-refractivity contribution in [2.75, 3.05) is 18.5 Å². The number of pyridine rings is 1. The highest BCUT2D eigenvalue weighted by molar-refractivity contribution is 7.22. The molecule has 1 amide bonds. The second-order valence-corrected chi connectivity index (χ2v) is 6.93. The number of aromatic nitrogens is 1.